The van der Waals surface area contributed by atoms with Crippen LogP contribution in [0.4, 0.5) is 0 Å². The van der Waals surface area contributed by atoms with Crippen LogP contribution in [0.2, 0.25) is 0 Å². The minimum atomic E-state index is -3.84. The van der Waals surface area contributed by atoms with E-state index < -0.39 is 14.7 Å². The summed E-state index contributed by atoms with van der Waals surface area (Å²) in [6.07, 6.45) is 0. The van der Waals surface area contributed by atoms with Gasteiger partial charge >= 0.3 is 0 Å². The molecule has 0 spiro atoms. The second kappa shape index (κ2) is 3.88. The number of hydrogen-bond acceptors (Lipinski definition) is 4. The molecule has 0 radical (unpaired) electrons. The number of hydrogen-bond donors (Lipinski definition) is 1. The van der Waals surface area contributed by atoms with Crippen LogP contribution in [0, 0.1) is 16.7 Å². The second-order valence-electron chi connectivity index (χ2n) is 2.38. The largest absolute Gasteiger partial charge is 0.257 e. The quantitative estimate of drug-likeness (QED) is 0.581. The van der Waals surface area contributed by atoms with E-state index in [0.29, 0.717) is 0 Å². The summed E-state index contributed by atoms with van der Waals surface area (Å²) in [6.45, 7) is 0. The lowest BCUT2D eigenvalue weighted by molar-refractivity contribution is 0.603. The van der Waals surface area contributed by atoms with E-state index in [9.17, 15) is 8.42 Å². The number of benzene rings is 1. The van der Waals surface area contributed by atoms with Crippen LogP contribution >= 0.6 is 0 Å². The van der Waals surface area contributed by atoms with E-state index in [1.54, 1.807) is 24.1 Å². The van der Waals surface area contributed by atoms with Crippen molar-refractivity contribution in [2.45, 2.75) is 4.90 Å². The Morgan fingerprint density at radius 3 is 2.29 bits per heavy atom. The van der Waals surface area contributed by atoms with E-state index in [4.69, 9.17) is 10.7 Å². The lowest BCUT2D eigenvalue weighted by Gasteiger charge is -1.98. The molecule has 4 nitrogen and oxygen atoms in total. The van der Waals surface area contributed by atoms with Crippen molar-refractivity contribution in [1.29, 1.82) is 10.7 Å². The Kier molecular flexibility index (Phi) is 2.82. The number of allylic oxidation sites excluding steroid dienone is 1. The molecule has 5 heteroatoms. The van der Waals surface area contributed by atoms with Gasteiger partial charge in [-0.3, -0.25) is 5.41 Å². The number of nitriles is 1. The topological polar surface area (TPSA) is 81.8 Å². The highest BCUT2D eigenvalue weighted by molar-refractivity contribution is 7.95. The van der Waals surface area contributed by atoms with Gasteiger partial charge in [0, 0.05) is 5.87 Å². The first-order chi connectivity index (χ1) is 6.62. The minimum Gasteiger partial charge on any atom is -0.257 e. The van der Waals surface area contributed by atoms with Crippen LogP contribution in [0.3, 0.4) is 0 Å². The van der Waals surface area contributed by atoms with Crippen LogP contribution in [0.15, 0.2) is 40.1 Å². The standard InChI is InChI=1S/C9H6N2O2S/c10-6-9(7-11)14(12,13)8-4-2-1-3-5-8/h1-5,10H. The van der Waals surface area contributed by atoms with Crippen molar-refractivity contribution in [2.75, 3.05) is 0 Å². The van der Waals surface area contributed by atoms with Crippen LogP contribution in [-0.2, 0) is 9.84 Å². The summed E-state index contributed by atoms with van der Waals surface area (Å²) < 4.78 is 23.1. The van der Waals surface area contributed by atoms with Gasteiger partial charge in [0.05, 0.1) is 4.90 Å². The van der Waals surface area contributed by atoms with Crippen LogP contribution in [0.25, 0.3) is 0 Å². The molecule has 1 aromatic rings. The van der Waals surface area contributed by atoms with Crippen LogP contribution in [0.5, 0.6) is 0 Å². The van der Waals surface area contributed by atoms with E-state index in [2.05, 4.69) is 0 Å². The van der Waals surface area contributed by atoms with Gasteiger partial charge in [0.1, 0.15) is 6.07 Å². The molecule has 70 valence electrons. The highest BCUT2D eigenvalue weighted by Gasteiger charge is 2.19. The Labute approximate surface area is 81.5 Å². The molecule has 0 aliphatic heterocycles. The SMILES string of the molecule is N#CC(=C=N)S(=O)(=O)c1ccccc1. The van der Waals surface area contributed by atoms with Crippen molar-refractivity contribution in [3.63, 3.8) is 0 Å². The fraction of sp³-hybridized carbons (Fsp3) is 0. The average molecular weight is 206 g/mol. The molecule has 14 heavy (non-hydrogen) atoms. The summed E-state index contributed by atoms with van der Waals surface area (Å²) in [6, 6.07) is 8.91. The summed E-state index contributed by atoms with van der Waals surface area (Å²) in [5.41, 5.74) is 0. The predicted molar refractivity (Wildman–Crippen MR) is 50.5 cm³/mol. The van der Waals surface area contributed by atoms with Crippen molar-refractivity contribution in [3.8, 4) is 6.07 Å². The zero-order valence-electron chi connectivity index (χ0n) is 7.06. The highest BCUT2D eigenvalue weighted by Crippen LogP contribution is 2.15. The first-order valence-corrected chi connectivity index (χ1v) is 5.11. The zero-order chi connectivity index (χ0) is 10.6. The Bertz CT molecular complexity index is 520. The molecule has 1 aromatic carbocycles. The van der Waals surface area contributed by atoms with Gasteiger partial charge in [-0.2, -0.15) is 5.26 Å². The van der Waals surface area contributed by atoms with Crippen LogP contribution < -0.4 is 0 Å². The smallest absolute Gasteiger partial charge is 0.225 e. The van der Waals surface area contributed by atoms with Gasteiger partial charge < -0.3 is 0 Å². The lowest BCUT2D eigenvalue weighted by Crippen LogP contribution is -2.03. The van der Waals surface area contributed by atoms with E-state index in [-0.39, 0.29) is 4.90 Å². The lowest BCUT2D eigenvalue weighted by atomic mass is 10.4. The third-order valence-corrected chi connectivity index (χ3v) is 3.16. The molecule has 0 amide bonds. The van der Waals surface area contributed by atoms with Gasteiger partial charge in [0.2, 0.25) is 14.7 Å². The highest BCUT2D eigenvalue weighted by atomic mass is 32.2. The summed E-state index contributed by atoms with van der Waals surface area (Å²) in [5.74, 6) is 1.61. The van der Waals surface area contributed by atoms with Gasteiger partial charge in [-0.25, -0.2) is 8.42 Å². The normalized spacial score (nSPS) is 9.93. The van der Waals surface area contributed by atoms with Crippen molar-refractivity contribution < 1.29 is 8.42 Å². The number of nitrogens with zero attached hydrogens (tertiary/aromatic N) is 1. The van der Waals surface area contributed by atoms with E-state index >= 15 is 0 Å². The van der Waals surface area contributed by atoms with Crippen LogP contribution in [-0.4, -0.2) is 14.3 Å². The summed E-state index contributed by atoms with van der Waals surface area (Å²) in [5, 5.41) is 15.2. The third-order valence-electron chi connectivity index (χ3n) is 1.54. The fourth-order valence-corrected chi connectivity index (χ4v) is 1.88. The van der Waals surface area contributed by atoms with Gasteiger partial charge in [-0.05, 0) is 12.1 Å². The Balaban J connectivity index is 3.39. The summed E-state index contributed by atoms with van der Waals surface area (Å²) in [4.78, 5) is -0.681. The molecule has 0 saturated heterocycles. The molecule has 0 saturated carbocycles. The van der Waals surface area contributed by atoms with E-state index in [1.807, 2.05) is 0 Å². The molecule has 0 unspecified atom stereocenters. The molecule has 0 aliphatic carbocycles. The molecule has 0 aliphatic rings. The summed E-state index contributed by atoms with van der Waals surface area (Å²) >= 11 is 0. The van der Waals surface area contributed by atoms with Crippen LogP contribution in [0.1, 0.15) is 0 Å². The molecule has 0 heterocycles. The van der Waals surface area contributed by atoms with Crippen molar-refractivity contribution in [3.05, 3.63) is 35.2 Å². The minimum absolute atomic E-state index is 0.00343. The number of nitrogens with one attached hydrogen (secondary N) is 1. The molecule has 1 rings (SSSR count). The maximum absolute atomic E-state index is 11.6. The molecule has 0 aromatic heterocycles. The summed E-state index contributed by atoms with van der Waals surface area (Å²) in [7, 11) is -3.84. The molecule has 0 fully saturated rings. The fourth-order valence-electron chi connectivity index (χ4n) is 0.873. The predicted octanol–water partition coefficient (Wildman–Crippen LogP) is 1.12. The van der Waals surface area contributed by atoms with Crippen molar-refractivity contribution >= 4 is 15.7 Å². The van der Waals surface area contributed by atoms with Gasteiger partial charge in [-0.1, -0.05) is 18.2 Å². The second-order valence-corrected chi connectivity index (χ2v) is 4.27. The van der Waals surface area contributed by atoms with Gasteiger partial charge in [0.25, 0.3) is 0 Å². The zero-order valence-corrected chi connectivity index (χ0v) is 7.88. The van der Waals surface area contributed by atoms with E-state index in [0.717, 1.165) is 0 Å². The maximum Gasteiger partial charge on any atom is 0.225 e. The van der Waals surface area contributed by atoms with Gasteiger partial charge in [-0.15, -0.1) is 0 Å². The Hall–Kier alpha value is -1.89. The Morgan fingerprint density at radius 2 is 1.86 bits per heavy atom. The van der Waals surface area contributed by atoms with E-state index in [1.165, 1.54) is 18.2 Å². The number of sulfone groups is 1. The monoisotopic (exact) mass is 206 g/mol. The maximum atomic E-state index is 11.6. The third kappa shape index (κ3) is 1.72. The average Bonchev–Trinajstić information content (AvgIpc) is 2.20. The molecular formula is C9H6N2O2S. The molecule has 0 bridgehead atoms. The first-order valence-electron chi connectivity index (χ1n) is 3.63. The van der Waals surface area contributed by atoms with Crippen molar-refractivity contribution in [1.82, 2.24) is 0 Å². The van der Waals surface area contributed by atoms with Crippen molar-refractivity contribution in [2.24, 2.45) is 0 Å². The first kappa shape index (κ1) is 10.2. The van der Waals surface area contributed by atoms with Gasteiger partial charge in [0.15, 0.2) is 0 Å². The molecule has 1 N–H and O–H groups in total. The Morgan fingerprint density at radius 1 is 1.29 bits per heavy atom. The number of rotatable bonds is 2. The molecule has 0 atom stereocenters. The molecular weight excluding hydrogens is 200 g/mol.